The maximum Gasteiger partial charge on any atom is 0.419 e. The van der Waals surface area contributed by atoms with Crippen LogP contribution in [0.25, 0.3) is 0 Å². The predicted octanol–water partition coefficient (Wildman–Crippen LogP) is 3.48. The molecule has 1 heterocycles. The summed E-state index contributed by atoms with van der Waals surface area (Å²) in [6, 6.07) is 7.77. The molecular weight excluding hydrogens is 404 g/mol. The van der Waals surface area contributed by atoms with Crippen LogP contribution in [0.5, 0.6) is 0 Å². The molecule has 2 aliphatic rings. The number of halogens is 4. The molecule has 4 rings (SSSR count). The summed E-state index contributed by atoms with van der Waals surface area (Å²) in [5.41, 5.74) is 1.69. The Labute approximate surface area is 169 Å². The van der Waals surface area contributed by atoms with Crippen molar-refractivity contribution in [3.8, 4) is 0 Å². The number of nitrogens with zero attached hydrogens (tertiary/aromatic N) is 1. The monoisotopic (exact) mass is 422 g/mol. The molecule has 2 aromatic carbocycles. The molecule has 1 fully saturated rings. The summed E-state index contributed by atoms with van der Waals surface area (Å²) >= 11 is 0. The SMILES string of the molecule is O=C(NO)c1cccc2c1CC1(CCN(Cc3ccc(C(F)(F)F)c(F)c3)C1=O)C2. The Kier molecular flexibility index (Phi) is 4.80. The number of benzene rings is 2. The topological polar surface area (TPSA) is 69.6 Å². The van der Waals surface area contributed by atoms with Gasteiger partial charge in [-0.3, -0.25) is 14.8 Å². The second-order valence-electron chi connectivity index (χ2n) is 7.81. The molecule has 2 amide bonds. The minimum absolute atomic E-state index is 0.00989. The van der Waals surface area contributed by atoms with Gasteiger partial charge >= 0.3 is 6.18 Å². The third kappa shape index (κ3) is 3.32. The van der Waals surface area contributed by atoms with Crippen LogP contribution in [0.4, 0.5) is 17.6 Å². The van der Waals surface area contributed by atoms with Gasteiger partial charge < -0.3 is 4.90 Å². The normalized spacial score (nSPS) is 20.7. The van der Waals surface area contributed by atoms with Crippen molar-refractivity contribution < 1.29 is 32.4 Å². The van der Waals surface area contributed by atoms with E-state index in [1.54, 1.807) is 17.6 Å². The van der Waals surface area contributed by atoms with Crippen molar-refractivity contribution in [3.63, 3.8) is 0 Å². The van der Waals surface area contributed by atoms with Crippen molar-refractivity contribution in [2.24, 2.45) is 5.41 Å². The van der Waals surface area contributed by atoms with Crippen molar-refractivity contribution in [3.05, 3.63) is 70.0 Å². The maximum absolute atomic E-state index is 13.9. The highest BCUT2D eigenvalue weighted by Crippen LogP contribution is 2.46. The van der Waals surface area contributed by atoms with Gasteiger partial charge in [0.2, 0.25) is 5.91 Å². The zero-order valence-electron chi connectivity index (χ0n) is 15.7. The lowest BCUT2D eigenvalue weighted by Gasteiger charge is -2.23. The highest BCUT2D eigenvalue weighted by Gasteiger charge is 2.50. The van der Waals surface area contributed by atoms with E-state index >= 15 is 0 Å². The van der Waals surface area contributed by atoms with Crippen molar-refractivity contribution in [2.75, 3.05) is 6.54 Å². The summed E-state index contributed by atoms with van der Waals surface area (Å²) in [4.78, 5) is 26.6. The minimum Gasteiger partial charge on any atom is -0.338 e. The van der Waals surface area contributed by atoms with Gasteiger partial charge in [0.05, 0.1) is 11.0 Å². The third-order valence-electron chi connectivity index (χ3n) is 5.98. The molecule has 0 bridgehead atoms. The van der Waals surface area contributed by atoms with E-state index in [0.29, 0.717) is 43.0 Å². The van der Waals surface area contributed by atoms with Crippen LogP contribution in [0.1, 0.15) is 39.0 Å². The largest absolute Gasteiger partial charge is 0.419 e. The van der Waals surface area contributed by atoms with Gasteiger partial charge in [-0.1, -0.05) is 18.2 Å². The molecule has 1 atom stereocenters. The van der Waals surface area contributed by atoms with Crippen LogP contribution in [0.2, 0.25) is 0 Å². The Bertz CT molecular complexity index is 1040. The number of amides is 2. The summed E-state index contributed by atoms with van der Waals surface area (Å²) < 4.78 is 52.1. The summed E-state index contributed by atoms with van der Waals surface area (Å²) in [5, 5.41) is 8.95. The first kappa shape index (κ1) is 20.3. The lowest BCUT2D eigenvalue weighted by Crippen LogP contribution is -2.35. The molecule has 1 saturated heterocycles. The lowest BCUT2D eigenvalue weighted by atomic mass is 9.83. The van der Waals surface area contributed by atoms with Crippen LogP contribution in [0.15, 0.2) is 36.4 Å². The van der Waals surface area contributed by atoms with Crippen molar-refractivity contribution in [1.82, 2.24) is 10.4 Å². The van der Waals surface area contributed by atoms with E-state index in [2.05, 4.69) is 0 Å². The summed E-state index contributed by atoms with van der Waals surface area (Å²) in [6.07, 6.45) is -3.48. The zero-order chi connectivity index (χ0) is 21.7. The first-order valence-electron chi connectivity index (χ1n) is 9.35. The molecule has 0 aromatic heterocycles. The van der Waals surface area contributed by atoms with E-state index in [-0.39, 0.29) is 18.0 Å². The number of rotatable bonds is 3. The summed E-state index contributed by atoms with van der Waals surface area (Å²) in [5.74, 6) is -2.19. The number of carbonyl (C=O) groups excluding carboxylic acids is 2. The average molecular weight is 422 g/mol. The van der Waals surface area contributed by atoms with Crippen molar-refractivity contribution in [1.29, 1.82) is 0 Å². The fourth-order valence-corrected chi connectivity index (χ4v) is 4.53. The van der Waals surface area contributed by atoms with Gasteiger partial charge in [-0.15, -0.1) is 0 Å². The van der Waals surface area contributed by atoms with Crippen LogP contribution in [0, 0.1) is 11.2 Å². The average Bonchev–Trinajstić information content (AvgIpc) is 3.21. The standard InChI is InChI=1S/C21H18F4N2O3/c22-17-8-12(4-5-16(17)21(23,24)25)11-27-7-6-20(19(27)29)9-13-2-1-3-14(15(13)10-20)18(28)26-30/h1-5,8,30H,6-7,9-11H2,(H,26,28). The van der Waals surface area contributed by atoms with Gasteiger partial charge in [0, 0.05) is 18.7 Å². The molecule has 1 aliphatic carbocycles. The molecule has 1 spiro atoms. The highest BCUT2D eigenvalue weighted by molar-refractivity contribution is 5.96. The predicted molar refractivity (Wildman–Crippen MR) is 97.0 cm³/mol. The van der Waals surface area contributed by atoms with E-state index in [1.165, 1.54) is 11.0 Å². The number of carbonyl (C=O) groups is 2. The van der Waals surface area contributed by atoms with E-state index in [0.717, 1.165) is 11.6 Å². The summed E-state index contributed by atoms with van der Waals surface area (Å²) in [7, 11) is 0. The number of hydroxylamine groups is 1. The van der Waals surface area contributed by atoms with Gasteiger partial charge in [0.25, 0.3) is 5.91 Å². The fourth-order valence-electron chi connectivity index (χ4n) is 4.53. The van der Waals surface area contributed by atoms with E-state index in [9.17, 15) is 27.2 Å². The molecule has 5 nitrogen and oxygen atoms in total. The van der Waals surface area contributed by atoms with Crippen LogP contribution in [-0.4, -0.2) is 28.5 Å². The Balaban J connectivity index is 1.54. The van der Waals surface area contributed by atoms with Gasteiger partial charge in [0.15, 0.2) is 0 Å². The number of likely N-dealkylation sites (tertiary alicyclic amines) is 1. The van der Waals surface area contributed by atoms with Gasteiger partial charge in [-0.2, -0.15) is 13.2 Å². The van der Waals surface area contributed by atoms with E-state index < -0.39 is 28.9 Å². The second kappa shape index (κ2) is 7.09. The molecule has 0 radical (unpaired) electrons. The van der Waals surface area contributed by atoms with Crippen LogP contribution >= 0.6 is 0 Å². The number of fused-ring (bicyclic) bond motifs is 1. The number of nitrogens with one attached hydrogen (secondary N) is 1. The van der Waals surface area contributed by atoms with Gasteiger partial charge in [-0.25, -0.2) is 9.87 Å². The molecule has 9 heteroatoms. The number of alkyl halides is 3. The van der Waals surface area contributed by atoms with Crippen LogP contribution in [0.3, 0.4) is 0 Å². The third-order valence-corrected chi connectivity index (χ3v) is 5.98. The van der Waals surface area contributed by atoms with Gasteiger partial charge in [0.1, 0.15) is 5.82 Å². The molecular formula is C21H18F4N2O3. The van der Waals surface area contributed by atoms with E-state index in [4.69, 9.17) is 5.21 Å². The number of hydrogen-bond acceptors (Lipinski definition) is 3. The second-order valence-corrected chi connectivity index (χ2v) is 7.81. The minimum atomic E-state index is -4.77. The Morgan fingerprint density at radius 3 is 2.63 bits per heavy atom. The zero-order valence-corrected chi connectivity index (χ0v) is 15.7. The molecule has 158 valence electrons. The Hall–Kier alpha value is -2.94. The molecule has 0 saturated carbocycles. The summed E-state index contributed by atoms with van der Waals surface area (Å²) in [6.45, 7) is 0.396. The Morgan fingerprint density at radius 2 is 1.97 bits per heavy atom. The van der Waals surface area contributed by atoms with Crippen molar-refractivity contribution >= 4 is 11.8 Å². The Morgan fingerprint density at radius 1 is 1.20 bits per heavy atom. The molecule has 30 heavy (non-hydrogen) atoms. The van der Waals surface area contributed by atoms with Crippen molar-refractivity contribution in [2.45, 2.75) is 32.0 Å². The molecule has 1 unspecified atom stereocenters. The van der Waals surface area contributed by atoms with Crippen LogP contribution < -0.4 is 5.48 Å². The first-order valence-corrected chi connectivity index (χ1v) is 9.35. The quantitative estimate of drug-likeness (QED) is 0.452. The fraction of sp³-hybridized carbons (Fsp3) is 0.333. The molecule has 2 N–H and O–H groups in total. The number of hydrogen-bond donors (Lipinski definition) is 2. The molecule has 2 aromatic rings. The first-order chi connectivity index (χ1) is 14.1. The lowest BCUT2D eigenvalue weighted by molar-refractivity contribution is -0.140. The van der Waals surface area contributed by atoms with Crippen LogP contribution in [-0.2, 0) is 30.4 Å². The van der Waals surface area contributed by atoms with E-state index in [1.807, 2.05) is 6.07 Å². The smallest absolute Gasteiger partial charge is 0.338 e. The van der Waals surface area contributed by atoms with Gasteiger partial charge in [-0.05, 0) is 54.2 Å². The molecule has 1 aliphatic heterocycles. The maximum atomic E-state index is 13.9. The highest BCUT2D eigenvalue weighted by atomic mass is 19.4.